The average Bonchev–Trinajstić information content (AvgIpc) is 3.13. The predicted molar refractivity (Wildman–Crippen MR) is 113 cm³/mol. The molecule has 2 unspecified atom stereocenters. The lowest BCUT2D eigenvalue weighted by Gasteiger charge is -2.31. The summed E-state index contributed by atoms with van der Waals surface area (Å²) in [5.74, 6) is 0.0719. The Morgan fingerprint density at radius 3 is 2.73 bits per heavy atom. The molecule has 0 saturated carbocycles. The lowest BCUT2D eigenvalue weighted by Crippen LogP contribution is -2.35. The monoisotopic (exact) mass is 411 g/mol. The van der Waals surface area contributed by atoms with Gasteiger partial charge in [-0.15, -0.1) is 0 Å². The van der Waals surface area contributed by atoms with E-state index in [9.17, 15) is 9.18 Å². The zero-order valence-corrected chi connectivity index (χ0v) is 17.5. The van der Waals surface area contributed by atoms with Crippen LogP contribution in [0.3, 0.4) is 0 Å². The average molecular weight is 411 g/mol. The minimum absolute atomic E-state index is 0.0153. The van der Waals surface area contributed by atoms with E-state index in [-0.39, 0.29) is 24.1 Å². The van der Waals surface area contributed by atoms with Gasteiger partial charge in [0.2, 0.25) is 0 Å². The maximum absolute atomic E-state index is 14.4. The van der Waals surface area contributed by atoms with E-state index in [1.54, 1.807) is 17.7 Å². The number of aryl methyl sites for hydroxylation is 1. The van der Waals surface area contributed by atoms with Crippen molar-refractivity contribution in [2.75, 3.05) is 13.7 Å². The summed E-state index contributed by atoms with van der Waals surface area (Å²) in [4.78, 5) is 12.0. The Kier molecular flexibility index (Phi) is 5.62. The Morgan fingerprint density at radius 1 is 1.20 bits per heavy atom. The zero-order chi connectivity index (χ0) is 21.3. The number of nitrogens with zero attached hydrogens (tertiary/aromatic N) is 1. The van der Waals surface area contributed by atoms with Crippen molar-refractivity contribution in [1.82, 2.24) is 4.57 Å². The Balaban J connectivity index is 1.59. The smallest absolute Gasteiger partial charge is 0.250 e. The van der Waals surface area contributed by atoms with E-state index in [0.717, 1.165) is 22.0 Å². The molecule has 1 saturated heterocycles. The van der Waals surface area contributed by atoms with Gasteiger partial charge in [-0.05, 0) is 60.7 Å². The van der Waals surface area contributed by atoms with Crippen LogP contribution in [0.15, 0.2) is 53.3 Å². The molecule has 2 atom stereocenters. The molecule has 5 nitrogen and oxygen atoms in total. The van der Waals surface area contributed by atoms with Crippen LogP contribution in [0.25, 0.3) is 10.9 Å². The van der Waals surface area contributed by atoms with Gasteiger partial charge in [-0.2, -0.15) is 0 Å². The maximum Gasteiger partial charge on any atom is 0.250 e. The number of pyridine rings is 1. The molecule has 1 fully saturated rings. The number of hydrogen-bond acceptors (Lipinski definition) is 4. The summed E-state index contributed by atoms with van der Waals surface area (Å²) in [6.45, 7) is 5.36. The third-order valence-electron chi connectivity index (χ3n) is 6.00. The number of ether oxygens (including phenoxy) is 3. The molecule has 4 rings (SSSR count). The summed E-state index contributed by atoms with van der Waals surface area (Å²) in [5.41, 5.74) is 1.86. The van der Waals surface area contributed by atoms with Crippen molar-refractivity contribution in [3.63, 3.8) is 0 Å². The van der Waals surface area contributed by atoms with Crippen molar-refractivity contribution in [2.24, 2.45) is 0 Å². The molecular formula is C24H26FNO4. The third kappa shape index (κ3) is 3.61. The first kappa shape index (κ1) is 20.6. The van der Waals surface area contributed by atoms with Gasteiger partial charge in [0.25, 0.3) is 5.56 Å². The molecule has 30 heavy (non-hydrogen) atoms. The Labute approximate surface area is 175 Å². The molecule has 0 aliphatic carbocycles. The molecule has 0 N–H and O–H groups in total. The van der Waals surface area contributed by atoms with Crippen molar-refractivity contribution in [1.29, 1.82) is 0 Å². The quantitative estimate of drug-likeness (QED) is 0.604. The summed E-state index contributed by atoms with van der Waals surface area (Å²) >= 11 is 0. The van der Waals surface area contributed by atoms with Crippen LogP contribution in [0, 0.1) is 5.82 Å². The highest BCUT2D eigenvalue weighted by Gasteiger charge is 2.44. The predicted octanol–water partition coefficient (Wildman–Crippen LogP) is 4.39. The normalized spacial score (nSPS) is 21.3. The minimum atomic E-state index is -0.674. The molecule has 0 bridgehead atoms. The first-order valence-electron chi connectivity index (χ1n) is 10.2. The number of rotatable bonds is 6. The van der Waals surface area contributed by atoms with E-state index in [1.807, 2.05) is 44.2 Å². The van der Waals surface area contributed by atoms with Crippen molar-refractivity contribution >= 4 is 10.9 Å². The van der Waals surface area contributed by atoms with Gasteiger partial charge in [0, 0.05) is 32.2 Å². The van der Waals surface area contributed by atoms with Crippen LogP contribution in [0.5, 0.6) is 5.75 Å². The fourth-order valence-electron chi connectivity index (χ4n) is 4.32. The SMILES string of the molecule is CCn1c(=O)ccc2cc(COc3cc(F)cc(C4(OC)CCOC4C)c3)ccc21. The fourth-order valence-corrected chi connectivity index (χ4v) is 4.32. The zero-order valence-electron chi connectivity index (χ0n) is 17.5. The van der Waals surface area contributed by atoms with E-state index in [4.69, 9.17) is 14.2 Å². The largest absolute Gasteiger partial charge is 0.489 e. The van der Waals surface area contributed by atoms with E-state index in [2.05, 4.69) is 0 Å². The van der Waals surface area contributed by atoms with Crippen LogP contribution >= 0.6 is 0 Å². The van der Waals surface area contributed by atoms with Crippen LogP contribution in [-0.4, -0.2) is 24.4 Å². The summed E-state index contributed by atoms with van der Waals surface area (Å²) in [7, 11) is 1.63. The van der Waals surface area contributed by atoms with Gasteiger partial charge in [-0.25, -0.2) is 4.39 Å². The maximum atomic E-state index is 14.4. The number of halogens is 1. The molecular weight excluding hydrogens is 385 g/mol. The Hall–Kier alpha value is -2.70. The Bertz CT molecular complexity index is 1130. The molecule has 1 aliphatic rings. The second-order valence-corrected chi connectivity index (χ2v) is 7.63. The molecule has 6 heteroatoms. The number of aromatic nitrogens is 1. The molecule has 3 aromatic rings. The summed E-state index contributed by atoms with van der Waals surface area (Å²) in [5, 5.41) is 0.966. The fraction of sp³-hybridized carbons (Fsp3) is 0.375. The lowest BCUT2D eigenvalue weighted by atomic mass is 9.87. The lowest BCUT2D eigenvalue weighted by molar-refractivity contribution is -0.0649. The number of hydrogen-bond donors (Lipinski definition) is 0. The second kappa shape index (κ2) is 8.20. The first-order valence-corrected chi connectivity index (χ1v) is 10.2. The number of fused-ring (bicyclic) bond motifs is 1. The van der Waals surface area contributed by atoms with E-state index in [0.29, 0.717) is 25.3 Å². The van der Waals surface area contributed by atoms with E-state index < -0.39 is 5.60 Å². The van der Waals surface area contributed by atoms with Crippen LogP contribution in [0.2, 0.25) is 0 Å². The van der Waals surface area contributed by atoms with Gasteiger partial charge in [0.05, 0.1) is 18.2 Å². The summed E-state index contributed by atoms with van der Waals surface area (Å²) < 4.78 is 33.5. The summed E-state index contributed by atoms with van der Waals surface area (Å²) in [6.07, 6.45) is 0.492. The van der Waals surface area contributed by atoms with Gasteiger partial charge >= 0.3 is 0 Å². The minimum Gasteiger partial charge on any atom is -0.489 e. The van der Waals surface area contributed by atoms with E-state index in [1.165, 1.54) is 12.1 Å². The van der Waals surface area contributed by atoms with E-state index >= 15 is 0 Å². The highest BCUT2D eigenvalue weighted by Crippen LogP contribution is 2.40. The van der Waals surface area contributed by atoms with Gasteiger partial charge < -0.3 is 18.8 Å². The molecule has 0 amide bonds. The molecule has 2 aromatic carbocycles. The van der Waals surface area contributed by atoms with Crippen LogP contribution in [0.1, 0.15) is 31.4 Å². The molecule has 1 aliphatic heterocycles. The number of benzene rings is 2. The molecule has 2 heterocycles. The molecule has 1 aromatic heterocycles. The standard InChI is InChI=1S/C24H26FNO4/c1-4-26-22-7-5-17(11-18(22)6-8-23(26)27)15-30-21-13-19(12-20(25)14-21)24(28-3)9-10-29-16(24)2/h5-8,11-14,16H,4,9-10,15H2,1-3H3. The van der Waals surface area contributed by atoms with Crippen LogP contribution in [0.4, 0.5) is 4.39 Å². The first-order chi connectivity index (χ1) is 14.5. The van der Waals surface area contributed by atoms with Gasteiger partial charge in [0.15, 0.2) is 0 Å². The van der Waals surface area contributed by atoms with Crippen LogP contribution in [-0.2, 0) is 28.2 Å². The highest BCUT2D eigenvalue weighted by molar-refractivity contribution is 5.79. The van der Waals surface area contributed by atoms with Crippen molar-refractivity contribution in [2.45, 2.75) is 45.1 Å². The molecule has 158 valence electrons. The van der Waals surface area contributed by atoms with Gasteiger partial charge in [-0.1, -0.05) is 6.07 Å². The third-order valence-corrected chi connectivity index (χ3v) is 6.00. The Morgan fingerprint density at radius 2 is 2.03 bits per heavy atom. The highest BCUT2D eigenvalue weighted by atomic mass is 19.1. The molecule has 0 radical (unpaired) electrons. The van der Waals surface area contributed by atoms with Crippen molar-refractivity contribution in [3.05, 3.63) is 75.8 Å². The van der Waals surface area contributed by atoms with Crippen molar-refractivity contribution in [3.8, 4) is 5.75 Å². The van der Waals surface area contributed by atoms with Crippen LogP contribution < -0.4 is 10.3 Å². The number of methoxy groups -OCH3 is 1. The van der Waals surface area contributed by atoms with Gasteiger partial charge in [0.1, 0.15) is 23.8 Å². The van der Waals surface area contributed by atoms with Crippen molar-refractivity contribution < 1.29 is 18.6 Å². The summed E-state index contributed by atoms with van der Waals surface area (Å²) in [6, 6.07) is 13.9. The second-order valence-electron chi connectivity index (χ2n) is 7.63. The topological polar surface area (TPSA) is 49.7 Å². The molecule has 0 spiro atoms. The van der Waals surface area contributed by atoms with Gasteiger partial charge in [-0.3, -0.25) is 4.79 Å².